The standard InChI is InChI=1S/C10H20O2Si/c1-5-7-13(4,6-2)8-9(3)10(11)12/h8H,5-7H2,1-4H3,(H,11,12). The van der Waals surface area contributed by atoms with Crippen LogP contribution in [0.15, 0.2) is 11.3 Å². The summed E-state index contributed by atoms with van der Waals surface area (Å²) < 4.78 is 0. The number of aliphatic carboxylic acids is 1. The van der Waals surface area contributed by atoms with Gasteiger partial charge in [-0.15, -0.1) is 0 Å². The summed E-state index contributed by atoms with van der Waals surface area (Å²) in [5, 5.41) is 8.76. The zero-order chi connectivity index (χ0) is 10.5. The van der Waals surface area contributed by atoms with Crippen LogP contribution in [0, 0.1) is 0 Å². The van der Waals surface area contributed by atoms with E-state index in [1.165, 1.54) is 6.04 Å². The smallest absolute Gasteiger partial charge is 0.330 e. The van der Waals surface area contributed by atoms with Crippen LogP contribution in [0.2, 0.25) is 18.6 Å². The quantitative estimate of drug-likeness (QED) is 0.547. The number of carboxylic acid groups (broad SMARTS) is 1. The second-order valence-electron chi connectivity index (χ2n) is 3.89. The number of carbonyl (C=O) groups is 1. The Bertz CT molecular complexity index is 211. The molecule has 0 spiro atoms. The van der Waals surface area contributed by atoms with Crippen molar-refractivity contribution in [2.24, 2.45) is 0 Å². The first-order chi connectivity index (χ1) is 5.95. The fourth-order valence-corrected chi connectivity index (χ4v) is 4.52. The van der Waals surface area contributed by atoms with Crippen molar-refractivity contribution in [2.75, 3.05) is 0 Å². The van der Waals surface area contributed by atoms with Crippen molar-refractivity contribution in [1.82, 2.24) is 0 Å². The summed E-state index contributed by atoms with van der Waals surface area (Å²) in [6, 6.07) is 2.32. The van der Waals surface area contributed by atoms with E-state index in [4.69, 9.17) is 5.11 Å². The third-order valence-electron chi connectivity index (χ3n) is 2.53. The molecule has 0 radical (unpaired) electrons. The lowest BCUT2D eigenvalue weighted by molar-refractivity contribution is -0.132. The van der Waals surface area contributed by atoms with E-state index in [2.05, 4.69) is 20.4 Å². The number of rotatable bonds is 5. The van der Waals surface area contributed by atoms with Crippen LogP contribution in [0.4, 0.5) is 0 Å². The van der Waals surface area contributed by atoms with Gasteiger partial charge in [-0.1, -0.05) is 44.6 Å². The maximum absolute atomic E-state index is 10.7. The Morgan fingerprint density at radius 2 is 2.00 bits per heavy atom. The molecule has 2 nitrogen and oxygen atoms in total. The molecule has 0 rings (SSSR count). The molecule has 0 aromatic carbocycles. The van der Waals surface area contributed by atoms with Crippen molar-refractivity contribution < 1.29 is 9.90 Å². The van der Waals surface area contributed by atoms with E-state index in [9.17, 15) is 4.79 Å². The van der Waals surface area contributed by atoms with Gasteiger partial charge in [0.05, 0.1) is 8.07 Å². The Kier molecular flexibility index (Phi) is 4.99. The van der Waals surface area contributed by atoms with E-state index in [1.54, 1.807) is 6.92 Å². The number of hydrogen-bond acceptors (Lipinski definition) is 1. The van der Waals surface area contributed by atoms with Crippen LogP contribution in [0.3, 0.4) is 0 Å². The minimum Gasteiger partial charge on any atom is -0.478 e. The molecule has 0 aliphatic heterocycles. The van der Waals surface area contributed by atoms with Gasteiger partial charge in [-0.25, -0.2) is 4.79 Å². The average Bonchev–Trinajstić information content (AvgIpc) is 2.04. The zero-order valence-corrected chi connectivity index (χ0v) is 10.1. The Balaban J connectivity index is 4.58. The van der Waals surface area contributed by atoms with Crippen molar-refractivity contribution in [1.29, 1.82) is 0 Å². The normalized spacial score (nSPS) is 16.8. The number of carboxylic acids is 1. The summed E-state index contributed by atoms with van der Waals surface area (Å²) in [5.41, 5.74) is 2.54. The Morgan fingerprint density at radius 3 is 2.31 bits per heavy atom. The van der Waals surface area contributed by atoms with Gasteiger partial charge in [-0.2, -0.15) is 0 Å². The molecule has 13 heavy (non-hydrogen) atoms. The van der Waals surface area contributed by atoms with Crippen molar-refractivity contribution in [3.05, 3.63) is 11.3 Å². The third-order valence-corrected chi connectivity index (χ3v) is 6.92. The zero-order valence-electron chi connectivity index (χ0n) is 9.05. The highest BCUT2D eigenvalue weighted by atomic mass is 28.3. The van der Waals surface area contributed by atoms with Gasteiger partial charge in [0.15, 0.2) is 0 Å². The fraction of sp³-hybridized carbons (Fsp3) is 0.700. The molecule has 0 amide bonds. The van der Waals surface area contributed by atoms with Crippen LogP contribution >= 0.6 is 0 Å². The van der Waals surface area contributed by atoms with E-state index in [0.29, 0.717) is 5.57 Å². The largest absolute Gasteiger partial charge is 0.478 e. The Hall–Kier alpha value is -0.573. The molecule has 0 aliphatic rings. The maximum Gasteiger partial charge on any atom is 0.330 e. The molecule has 76 valence electrons. The topological polar surface area (TPSA) is 37.3 Å². The molecule has 0 bridgehead atoms. The van der Waals surface area contributed by atoms with Crippen LogP contribution in [-0.2, 0) is 4.79 Å². The van der Waals surface area contributed by atoms with Gasteiger partial charge in [0.1, 0.15) is 0 Å². The van der Waals surface area contributed by atoms with E-state index >= 15 is 0 Å². The van der Waals surface area contributed by atoms with Gasteiger partial charge >= 0.3 is 5.97 Å². The van der Waals surface area contributed by atoms with Gasteiger partial charge in [-0.05, 0) is 6.92 Å². The third kappa shape index (κ3) is 4.27. The first-order valence-electron chi connectivity index (χ1n) is 4.88. The van der Waals surface area contributed by atoms with Gasteiger partial charge in [0.2, 0.25) is 0 Å². The van der Waals surface area contributed by atoms with Crippen LogP contribution in [0.5, 0.6) is 0 Å². The molecule has 3 heteroatoms. The molecular weight excluding hydrogens is 180 g/mol. The van der Waals surface area contributed by atoms with Gasteiger partial charge in [0.25, 0.3) is 0 Å². The molecular formula is C10H20O2Si. The van der Waals surface area contributed by atoms with Gasteiger partial charge in [0, 0.05) is 5.57 Å². The molecule has 0 aromatic heterocycles. The Labute approximate surface area is 81.7 Å². The lowest BCUT2D eigenvalue weighted by atomic mass is 10.4. The molecule has 0 aliphatic carbocycles. The first-order valence-corrected chi connectivity index (χ1v) is 7.87. The summed E-state index contributed by atoms with van der Waals surface area (Å²) >= 11 is 0. The maximum atomic E-state index is 10.7. The lowest BCUT2D eigenvalue weighted by Crippen LogP contribution is -2.27. The predicted octanol–water partition coefficient (Wildman–Crippen LogP) is 3.07. The number of hydrogen-bond donors (Lipinski definition) is 1. The van der Waals surface area contributed by atoms with Crippen LogP contribution in [0.25, 0.3) is 0 Å². The fourth-order valence-electron chi connectivity index (χ4n) is 1.51. The second kappa shape index (κ2) is 5.22. The van der Waals surface area contributed by atoms with Crippen LogP contribution in [-0.4, -0.2) is 19.1 Å². The molecule has 1 N–H and O–H groups in total. The minimum absolute atomic E-state index is 0.518. The first kappa shape index (κ1) is 12.4. The monoisotopic (exact) mass is 200 g/mol. The lowest BCUT2D eigenvalue weighted by Gasteiger charge is -2.21. The van der Waals surface area contributed by atoms with Crippen molar-refractivity contribution in [2.45, 2.75) is 45.8 Å². The molecule has 1 atom stereocenters. The van der Waals surface area contributed by atoms with Crippen molar-refractivity contribution >= 4 is 14.0 Å². The summed E-state index contributed by atoms with van der Waals surface area (Å²) in [6.07, 6.45) is 1.15. The van der Waals surface area contributed by atoms with E-state index in [1.807, 2.05) is 5.70 Å². The van der Waals surface area contributed by atoms with Crippen molar-refractivity contribution in [3.63, 3.8) is 0 Å². The van der Waals surface area contributed by atoms with Crippen molar-refractivity contribution in [3.8, 4) is 0 Å². The minimum atomic E-state index is -1.39. The predicted molar refractivity (Wildman–Crippen MR) is 58.6 cm³/mol. The van der Waals surface area contributed by atoms with Gasteiger partial charge in [-0.3, -0.25) is 0 Å². The van der Waals surface area contributed by atoms with E-state index < -0.39 is 14.0 Å². The summed E-state index contributed by atoms with van der Waals surface area (Å²) in [7, 11) is -1.39. The molecule has 0 heterocycles. The second-order valence-corrected chi connectivity index (χ2v) is 8.69. The molecule has 0 aromatic rings. The summed E-state index contributed by atoms with van der Waals surface area (Å²) in [5.74, 6) is -0.775. The molecule has 0 saturated heterocycles. The Morgan fingerprint density at radius 1 is 1.46 bits per heavy atom. The summed E-state index contributed by atoms with van der Waals surface area (Å²) in [4.78, 5) is 10.7. The van der Waals surface area contributed by atoms with Gasteiger partial charge < -0.3 is 5.11 Å². The molecule has 0 saturated carbocycles. The van der Waals surface area contributed by atoms with Crippen LogP contribution < -0.4 is 0 Å². The SMILES string of the molecule is CCC[Si](C)(C=C(C)C(=O)O)CC. The van der Waals surface area contributed by atoms with E-state index in [-0.39, 0.29) is 0 Å². The van der Waals surface area contributed by atoms with Crippen LogP contribution in [0.1, 0.15) is 27.2 Å². The highest BCUT2D eigenvalue weighted by Crippen LogP contribution is 2.20. The highest BCUT2D eigenvalue weighted by Gasteiger charge is 2.21. The molecule has 1 unspecified atom stereocenters. The van der Waals surface area contributed by atoms with E-state index in [0.717, 1.165) is 12.5 Å². The highest BCUT2D eigenvalue weighted by molar-refractivity contribution is 6.83. The molecule has 0 fully saturated rings. The summed E-state index contributed by atoms with van der Waals surface area (Å²) in [6.45, 7) is 8.26. The average molecular weight is 200 g/mol.